The molecular weight excluding hydrogens is 202 g/mol. The van der Waals surface area contributed by atoms with Gasteiger partial charge in [-0.05, 0) is 18.9 Å². The molecule has 0 radical (unpaired) electrons. The highest BCUT2D eigenvalue weighted by atomic mass is 32.1. The quantitative estimate of drug-likeness (QED) is 0.766. The van der Waals surface area contributed by atoms with E-state index in [4.69, 9.17) is 0 Å². The first-order valence-corrected chi connectivity index (χ1v) is 6.24. The molecule has 2 heterocycles. The predicted octanol–water partition coefficient (Wildman–Crippen LogP) is 3.63. The van der Waals surface area contributed by atoms with E-state index in [9.17, 15) is 0 Å². The minimum absolute atomic E-state index is 1.11. The molecule has 0 aliphatic carbocycles. The van der Waals surface area contributed by atoms with E-state index in [1.54, 1.807) is 0 Å². The molecule has 76 valence electrons. The summed E-state index contributed by atoms with van der Waals surface area (Å²) in [5, 5.41) is 7.12. The molecule has 0 amide bonds. The zero-order chi connectivity index (χ0) is 10.1. The first kappa shape index (κ1) is 8.98. The van der Waals surface area contributed by atoms with Crippen molar-refractivity contribution >= 4 is 27.1 Å². The van der Waals surface area contributed by atoms with Gasteiger partial charge in [0.05, 0.1) is 0 Å². The van der Waals surface area contributed by atoms with Gasteiger partial charge in [0.2, 0.25) is 0 Å². The maximum absolute atomic E-state index is 3.48. The van der Waals surface area contributed by atoms with Crippen LogP contribution >= 0.6 is 11.3 Å². The van der Waals surface area contributed by atoms with Crippen molar-refractivity contribution < 1.29 is 0 Å². The topological polar surface area (TPSA) is 12.0 Å². The van der Waals surface area contributed by atoms with Crippen LogP contribution in [0.25, 0.3) is 15.8 Å². The Morgan fingerprint density at radius 3 is 3.00 bits per heavy atom. The third kappa shape index (κ3) is 1.55. The average molecular weight is 215 g/mol. The van der Waals surface area contributed by atoms with Gasteiger partial charge < -0.3 is 5.32 Å². The van der Waals surface area contributed by atoms with E-state index in [1.165, 1.54) is 34.2 Å². The summed E-state index contributed by atoms with van der Waals surface area (Å²) in [7, 11) is 0. The average Bonchev–Trinajstić information content (AvgIpc) is 2.74. The van der Waals surface area contributed by atoms with E-state index >= 15 is 0 Å². The molecule has 0 saturated heterocycles. The largest absolute Gasteiger partial charge is 0.385 e. The summed E-state index contributed by atoms with van der Waals surface area (Å²) in [5.74, 6) is 0. The molecule has 2 heteroatoms. The van der Waals surface area contributed by atoms with Crippen LogP contribution in [-0.4, -0.2) is 6.54 Å². The van der Waals surface area contributed by atoms with Crippen LogP contribution in [0.4, 0.5) is 0 Å². The van der Waals surface area contributed by atoms with Crippen LogP contribution in [0.2, 0.25) is 0 Å². The maximum atomic E-state index is 3.48. The lowest BCUT2D eigenvalue weighted by molar-refractivity contribution is 0.744. The molecule has 1 N–H and O–H groups in total. The van der Waals surface area contributed by atoms with Crippen molar-refractivity contribution in [2.75, 3.05) is 6.54 Å². The number of nitrogens with one attached hydrogen (secondary N) is 1. The SMILES string of the molecule is C1=C(c2csc3ccccc23)NCCC1. The summed E-state index contributed by atoms with van der Waals surface area (Å²) >= 11 is 1.83. The molecule has 0 bridgehead atoms. The van der Waals surface area contributed by atoms with Gasteiger partial charge in [-0.25, -0.2) is 0 Å². The van der Waals surface area contributed by atoms with E-state index in [2.05, 4.69) is 41.0 Å². The first-order chi connectivity index (χ1) is 7.45. The van der Waals surface area contributed by atoms with Crippen molar-refractivity contribution in [1.29, 1.82) is 0 Å². The summed E-state index contributed by atoms with van der Waals surface area (Å²) < 4.78 is 1.38. The maximum Gasteiger partial charge on any atom is 0.0388 e. The Morgan fingerprint density at radius 2 is 2.13 bits per heavy atom. The Kier molecular flexibility index (Phi) is 2.22. The van der Waals surface area contributed by atoms with E-state index < -0.39 is 0 Å². The first-order valence-electron chi connectivity index (χ1n) is 5.36. The van der Waals surface area contributed by atoms with E-state index in [0.717, 1.165) is 6.54 Å². The van der Waals surface area contributed by atoms with Gasteiger partial charge in [-0.2, -0.15) is 0 Å². The Labute approximate surface area is 93.4 Å². The lowest BCUT2D eigenvalue weighted by Crippen LogP contribution is -2.16. The third-order valence-electron chi connectivity index (χ3n) is 2.82. The van der Waals surface area contributed by atoms with Crippen LogP contribution in [0.15, 0.2) is 35.7 Å². The highest BCUT2D eigenvalue weighted by Crippen LogP contribution is 2.30. The smallest absolute Gasteiger partial charge is 0.0388 e. The Balaban J connectivity index is 2.14. The van der Waals surface area contributed by atoms with Crippen LogP contribution in [0, 0.1) is 0 Å². The van der Waals surface area contributed by atoms with Crippen molar-refractivity contribution in [3.8, 4) is 0 Å². The van der Waals surface area contributed by atoms with E-state index in [1.807, 2.05) is 11.3 Å². The fraction of sp³-hybridized carbons (Fsp3) is 0.231. The van der Waals surface area contributed by atoms with Crippen LogP contribution in [0.5, 0.6) is 0 Å². The monoisotopic (exact) mass is 215 g/mol. The van der Waals surface area contributed by atoms with Gasteiger partial charge >= 0.3 is 0 Å². The number of benzene rings is 1. The number of hydrogen-bond donors (Lipinski definition) is 1. The lowest BCUT2D eigenvalue weighted by atomic mass is 10.1. The second kappa shape index (κ2) is 3.70. The standard InChI is InChI=1S/C13H13NS/c1-2-7-13-10(5-1)11(9-15-13)12-6-3-4-8-14-12/h1-2,5-7,9,14H,3-4,8H2. The second-order valence-electron chi connectivity index (χ2n) is 3.83. The molecule has 1 aliphatic rings. The second-order valence-corrected chi connectivity index (χ2v) is 4.74. The molecule has 3 rings (SSSR count). The lowest BCUT2D eigenvalue weighted by Gasteiger charge is -2.14. The van der Waals surface area contributed by atoms with Crippen molar-refractivity contribution in [1.82, 2.24) is 5.32 Å². The molecule has 0 atom stereocenters. The zero-order valence-electron chi connectivity index (χ0n) is 8.49. The van der Waals surface area contributed by atoms with Crippen molar-refractivity contribution in [3.05, 3.63) is 41.3 Å². The van der Waals surface area contributed by atoms with Gasteiger partial charge in [0.1, 0.15) is 0 Å². The number of fused-ring (bicyclic) bond motifs is 1. The fourth-order valence-corrected chi connectivity index (χ4v) is 3.00. The summed E-state index contributed by atoms with van der Waals surface area (Å²) in [4.78, 5) is 0. The number of hydrogen-bond acceptors (Lipinski definition) is 2. The third-order valence-corrected chi connectivity index (χ3v) is 3.78. The van der Waals surface area contributed by atoms with Crippen LogP contribution in [0.1, 0.15) is 18.4 Å². The molecule has 1 aliphatic heterocycles. The van der Waals surface area contributed by atoms with Gasteiger partial charge in [-0.3, -0.25) is 0 Å². The predicted molar refractivity (Wildman–Crippen MR) is 67.0 cm³/mol. The van der Waals surface area contributed by atoms with Gasteiger partial charge in [0.15, 0.2) is 0 Å². The highest BCUT2D eigenvalue weighted by molar-refractivity contribution is 7.17. The van der Waals surface area contributed by atoms with Gasteiger partial charge in [0.25, 0.3) is 0 Å². The number of allylic oxidation sites excluding steroid dienone is 1. The molecule has 0 spiro atoms. The molecule has 0 unspecified atom stereocenters. The van der Waals surface area contributed by atoms with Crippen molar-refractivity contribution in [2.24, 2.45) is 0 Å². The van der Waals surface area contributed by atoms with Crippen LogP contribution in [0.3, 0.4) is 0 Å². The molecule has 1 nitrogen and oxygen atoms in total. The Hall–Kier alpha value is -1.28. The van der Waals surface area contributed by atoms with Gasteiger partial charge in [-0.1, -0.05) is 24.3 Å². The minimum atomic E-state index is 1.11. The normalized spacial score (nSPS) is 16.1. The summed E-state index contributed by atoms with van der Waals surface area (Å²) in [6.45, 7) is 1.11. The van der Waals surface area contributed by atoms with E-state index in [-0.39, 0.29) is 0 Å². The van der Waals surface area contributed by atoms with Crippen molar-refractivity contribution in [2.45, 2.75) is 12.8 Å². The van der Waals surface area contributed by atoms with E-state index in [0.29, 0.717) is 0 Å². The zero-order valence-corrected chi connectivity index (χ0v) is 9.31. The number of rotatable bonds is 1. The van der Waals surface area contributed by atoms with Gasteiger partial charge in [0, 0.05) is 33.3 Å². The fourth-order valence-electron chi connectivity index (χ4n) is 2.04. The van der Waals surface area contributed by atoms with Crippen LogP contribution in [-0.2, 0) is 0 Å². The molecule has 1 aromatic carbocycles. The molecule has 0 fully saturated rings. The molecular formula is C13H13NS. The highest BCUT2D eigenvalue weighted by Gasteiger charge is 2.09. The molecule has 0 saturated carbocycles. The summed E-state index contributed by atoms with van der Waals surface area (Å²) in [5.41, 5.74) is 2.69. The minimum Gasteiger partial charge on any atom is -0.385 e. The summed E-state index contributed by atoms with van der Waals surface area (Å²) in [6, 6.07) is 8.61. The van der Waals surface area contributed by atoms with Gasteiger partial charge in [-0.15, -0.1) is 11.3 Å². The van der Waals surface area contributed by atoms with Crippen LogP contribution < -0.4 is 5.32 Å². The Morgan fingerprint density at radius 1 is 1.20 bits per heavy atom. The molecule has 15 heavy (non-hydrogen) atoms. The Bertz CT molecular complexity index is 510. The summed E-state index contributed by atoms with van der Waals surface area (Å²) in [6.07, 6.45) is 4.77. The molecule has 1 aromatic heterocycles. The number of thiophene rings is 1. The molecule has 2 aromatic rings. The van der Waals surface area contributed by atoms with Crippen molar-refractivity contribution in [3.63, 3.8) is 0 Å².